The molecule has 0 fully saturated rings. The average molecular weight is 786 g/mol. The first-order valence-electron chi connectivity index (χ1n) is 22.7. The highest BCUT2D eigenvalue weighted by atomic mass is 31.2. The van der Waals surface area contributed by atoms with E-state index in [0.717, 1.165) is 38.5 Å². The minimum absolute atomic E-state index is 0.0578. The number of aliphatic hydroxyl groups excluding tert-OH is 1. The molecule has 1 amide bonds. The molecule has 0 saturated heterocycles. The standard InChI is InChI=1S/C45H89N2O6P/c1-6-8-10-12-14-16-17-18-19-20-21-22-23-24-25-26-27-28-29-31-33-35-37-39-45(49)46-43(42-53-54(50,51)52-41-40-47(3,4)5)44(48)38-36-34-32-30-15-13-11-9-7-2/h15,30,36,38,43-44,48H,6-14,16-29,31-35,37,39-42H2,1-5H3,(H-,46,49,50,51)/p+1/b30-15+,38-36+. The summed E-state index contributed by atoms with van der Waals surface area (Å²) in [6, 6.07) is -0.856. The van der Waals surface area contributed by atoms with E-state index in [1.54, 1.807) is 6.08 Å². The number of unbranched alkanes of at least 4 members (excludes halogenated alkanes) is 26. The Morgan fingerprint density at radius 3 is 1.48 bits per heavy atom. The minimum atomic E-state index is -4.33. The van der Waals surface area contributed by atoms with Gasteiger partial charge in [0.1, 0.15) is 13.2 Å². The first kappa shape index (κ1) is 53.0. The third-order valence-electron chi connectivity index (χ3n) is 10.2. The molecule has 3 atom stereocenters. The molecule has 0 aliphatic heterocycles. The molecule has 0 aliphatic carbocycles. The molecule has 320 valence electrons. The number of phosphoric acid groups is 1. The van der Waals surface area contributed by atoms with Crippen molar-refractivity contribution in [1.29, 1.82) is 0 Å². The topological polar surface area (TPSA) is 105 Å². The highest BCUT2D eigenvalue weighted by molar-refractivity contribution is 7.47. The lowest BCUT2D eigenvalue weighted by molar-refractivity contribution is -0.870. The zero-order valence-electron chi connectivity index (χ0n) is 36.2. The van der Waals surface area contributed by atoms with Crippen LogP contribution in [-0.2, 0) is 18.4 Å². The van der Waals surface area contributed by atoms with E-state index in [0.29, 0.717) is 17.4 Å². The van der Waals surface area contributed by atoms with Crippen molar-refractivity contribution in [3.63, 3.8) is 0 Å². The highest BCUT2D eigenvalue weighted by Gasteiger charge is 2.27. The van der Waals surface area contributed by atoms with Gasteiger partial charge in [-0.05, 0) is 32.1 Å². The number of amides is 1. The number of aliphatic hydroxyl groups is 1. The van der Waals surface area contributed by atoms with Crippen LogP contribution in [0, 0.1) is 0 Å². The summed E-state index contributed by atoms with van der Waals surface area (Å²) in [4.78, 5) is 23.0. The molecule has 0 aliphatic rings. The van der Waals surface area contributed by atoms with Crippen LogP contribution < -0.4 is 5.32 Å². The second-order valence-electron chi connectivity index (χ2n) is 16.8. The van der Waals surface area contributed by atoms with Crippen LogP contribution in [0.2, 0.25) is 0 Å². The molecule has 0 bridgehead atoms. The van der Waals surface area contributed by atoms with Crippen molar-refractivity contribution >= 4 is 13.7 Å². The van der Waals surface area contributed by atoms with E-state index in [4.69, 9.17) is 9.05 Å². The summed E-state index contributed by atoms with van der Waals surface area (Å²) in [5, 5.41) is 13.7. The molecule has 3 unspecified atom stereocenters. The number of nitrogens with one attached hydrogen (secondary N) is 1. The van der Waals surface area contributed by atoms with E-state index in [2.05, 4.69) is 31.3 Å². The summed E-state index contributed by atoms with van der Waals surface area (Å²) in [5.41, 5.74) is 0. The number of phosphoric ester groups is 1. The summed E-state index contributed by atoms with van der Waals surface area (Å²) in [6.45, 7) is 4.75. The molecular formula is C45H90N2O6P+. The van der Waals surface area contributed by atoms with Gasteiger partial charge in [0.2, 0.25) is 5.91 Å². The number of hydrogen-bond donors (Lipinski definition) is 3. The van der Waals surface area contributed by atoms with Gasteiger partial charge in [-0.1, -0.05) is 192 Å². The fourth-order valence-corrected chi connectivity index (χ4v) is 7.26. The Morgan fingerprint density at radius 1 is 0.611 bits per heavy atom. The first-order valence-corrected chi connectivity index (χ1v) is 24.2. The molecule has 0 spiro atoms. The predicted molar refractivity (Wildman–Crippen MR) is 231 cm³/mol. The normalized spacial score (nSPS) is 14.6. The molecule has 0 aromatic carbocycles. The Balaban J connectivity index is 4.17. The maximum atomic E-state index is 12.8. The smallest absolute Gasteiger partial charge is 0.387 e. The molecule has 0 rings (SSSR count). The molecule has 0 aromatic heterocycles. The SMILES string of the molecule is CCCCC/C=C/CC/C=C/C(O)C(COP(=O)(O)OCC[N+](C)(C)C)NC(=O)CCCCCCCCCCCCCCCCCCCCCCCCC. The van der Waals surface area contributed by atoms with Crippen LogP contribution >= 0.6 is 7.82 Å². The van der Waals surface area contributed by atoms with Gasteiger partial charge in [0.25, 0.3) is 0 Å². The number of carbonyl (C=O) groups excluding carboxylic acids is 1. The van der Waals surface area contributed by atoms with Crippen LogP contribution in [0.5, 0.6) is 0 Å². The summed E-state index contributed by atoms with van der Waals surface area (Å²) < 4.78 is 23.5. The van der Waals surface area contributed by atoms with Gasteiger partial charge in [-0.3, -0.25) is 13.8 Å². The third-order valence-corrected chi connectivity index (χ3v) is 11.2. The molecule has 54 heavy (non-hydrogen) atoms. The van der Waals surface area contributed by atoms with Crippen molar-refractivity contribution in [2.24, 2.45) is 0 Å². The summed E-state index contributed by atoms with van der Waals surface area (Å²) in [5.74, 6) is -0.187. The lowest BCUT2D eigenvalue weighted by atomic mass is 10.0. The van der Waals surface area contributed by atoms with Crippen LogP contribution in [0.1, 0.15) is 206 Å². The molecule has 0 saturated carbocycles. The lowest BCUT2D eigenvalue weighted by Crippen LogP contribution is -2.45. The third kappa shape index (κ3) is 39.2. The number of carbonyl (C=O) groups is 1. The van der Waals surface area contributed by atoms with Gasteiger partial charge in [0.05, 0.1) is 39.9 Å². The molecule has 0 heterocycles. The van der Waals surface area contributed by atoms with Gasteiger partial charge >= 0.3 is 7.82 Å². The number of rotatable bonds is 41. The van der Waals surface area contributed by atoms with Crippen LogP contribution in [0.15, 0.2) is 24.3 Å². The maximum Gasteiger partial charge on any atom is 0.472 e. The Labute approximate surface area is 334 Å². The minimum Gasteiger partial charge on any atom is -0.387 e. The van der Waals surface area contributed by atoms with Crippen LogP contribution in [-0.4, -0.2) is 73.4 Å². The fraction of sp³-hybridized carbons (Fsp3) is 0.889. The maximum absolute atomic E-state index is 12.8. The van der Waals surface area contributed by atoms with Crippen molar-refractivity contribution in [2.45, 2.75) is 219 Å². The Bertz CT molecular complexity index is 938. The molecule has 3 N–H and O–H groups in total. The van der Waals surface area contributed by atoms with E-state index >= 15 is 0 Å². The monoisotopic (exact) mass is 786 g/mol. The molecular weight excluding hydrogens is 695 g/mol. The summed E-state index contributed by atoms with van der Waals surface area (Å²) in [6.07, 6.45) is 44.2. The van der Waals surface area contributed by atoms with Crippen molar-refractivity contribution in [3.05, 3.63) is 24.3 Å². The fourth-order valence-electron chi connectivity index (χ4n) is 6.53. The van der Waals surface area contributed by atoms with Gasteiger partial charge in [-0.25, -0.2) is 4.57 Å². The van der Waals surface area contributed by atoms with Crippen molar-refractivity contribution in [1.82, 2.24) is 5.32 Å². The van der Waals surface area contributed by atoms with Gasteiger partial charge in [-0.15, -0.1) is 0 Å². The van der Waals surface area contributed by atoms with Crippen molar-refractivity contribution in [3.8, 4) is 0 Å². The molecule has 8 nitrogen and oxygen atoms in total. The number of allylic oxidation sites excluding steroid dienone is 3. The Hall–Kier alpha value is -1.02. The Kier molecular flexibility index (Phi) is 36.8. The van der Waals surface area contributed by atoms with Gasteiger partial charge < -0.3 is 19.8 Å². The molecule has 0 radical (unpaired) electrons. The zero-order valence-corrected chi connectivity index (χ0v) is 37.1. The number of hydrogen-bond acceptors (Lipinski definition) is 5. The second kappa shape index (κ2) is 37.6. The molecule has 9 heteroatoms. The predicted octanol–water partition coefficient (Wildman–Crippen LogP) is 12.5. The van der Waals surface area contributed by atoms with Crippen molar-refractivity contribution in [2.75, 3.05) is 40.9 Å². The highest BCUT2D eigenvalue weighted by Crippen LogP contribution is 2.43. The second-order valence-corrected chi connectivity index (χ2v) is 18.2. The number of likely N-dealkylation sites (N-methyl/N-ethyl adjacent to an activating group) is 1. The van der Waals surface area contributed by atoms with Gasteiger partial charge in [-0.2, -0.15) is 0 Å². The van der Waals surface area contributed by atoms with Gasteiger partial charge in [0, 0.05) is 6.42 Å². The largest absolute Gasteiger partial charge is 0.472 e. The molecule has 0 aromatic rings. The van der Waals surface area contributed by atoms with Crippen molar-refractivity contribution < 1.29 is 32.9 Å². The Morgan fingerprint density at radius 2 is 1.02 bits per heavy atom. The van der Waals surface area contributed by atoms with E-state index in [9.17, 15) is 19.4 Å². The van der Waals surface area contributed by atoms with Crippen LogP contribution in [0.25, 0.3) is 0 Å². The van der Waals surface area contributed by atoms with E-state index in [-0.39, 0.29) is 19.1 Å². The van der Waals surface area contributed by atoms with E-state index < -0.39 is 20.0 Å². The summed E-state index contributed by atoms with van der Waals surface area (Å²) >= 11 is 0. The average Bonchev–Trinajstić information content (AvgIpc) is 3.12. The first-order chi connectivity index (χ1) is 26.0. The van der Waals surface area contributed by atoms with Gasteiger partial charge in [0.15, 0.2) is 0 Å². The lowest BCUT2D eigenvalue weighted by Gasteiger charge is -2.25. The quantitative estimate of drug-likeness (QED) is 0.0247. The van der Waals surface area contributed by atoms with Crippen LogP contribution in [0.3, 0.4) is 0 Å². The zero-order chi connectivity index (χ0) is 40.0. The van der Waals surface area contributed by atoms with Crippen LogP contribution in [0.4, 0.5) is 0 Å². The van der Waals surface area contributed by atoms with E-state index in [1.165, 1.54) is 148 Å². The number of nitrogens with zero attached hydrogens (tertiary/aromatic N) is 1. The van der Waals surface area contributed by atoms with E-state index in [1.807, 2.05) is 27.2 Å². The summed E-state index contributed by atoms with van der Waals surface area (Å²) in [7, 11) is 1.56. The number of quaternary nitrogens is 1.